The molecule has 1 unspecified atom stereocenters. The molecule has 0 saturated carbocycles. The van der Waals surface area contributed by atoms with Crippen molar-refractivity contribution >= 4 is 5.91 Å². The number of ether oxygens (including phenoxy) is 1. The number of methoxy groups -OCH3 is 1. The zero-order valence-electron chi connectivity index (χ0n) is 13.8. The van der Waals surface area contributed by atoms with Crippen molar-refractivity contribution in [2.24, 2.45) is 5.73 Å². The minimum absolute atomic E-state index is 0.110. The van der Waals surface area contributed by atoms with Crippen molar-refractivity contribution in [3.63, 3.8) is 0 Å². The minimum Gasteiger partial charge on any atom is -0.497 e. The van der Waals surface area contributed by atoms with E-state index in [0.29, 0.717) is 12.1 Å². The number of hydrogen-bond donors (Lipinski definition) is 3. The van der Waals surface area contributed by atoms with Crippen molar-refractivity contribution in [2.45, 2.75) is 19.0 Å². The lowest BCUT2D eigenvalue weighted by Crippen LogP contribution is -2.33. The van der Waals surface area contributed by atoms with Crippen molar-refractivity contribution in [3.05, 3.63) is 64.7 Å². The molecule has 0 aromatic heterocycles. The average molecular weight is 325 g/mol. The summed E-state index contributed by atoms with van der Waals surface area (Å²) in [6.07, 6.45) is 1.01. The minimum atomic E-state index is -0.248. The Hall–Kier alpha value is -2.37. The molecule has 126 valence electrons. The number of benzene rings is 2. The van der Waals surface area contributed by atoms with E-state index in [1.807, 2.05) is 42.5 Å². The quantitative estimate of drug-likeness (QED) is 0.783. The van der Waals surface area contributed by atoms with Crippen molar-refractivity contribution < 1.29 is 9.53 Å². The summed E-state index contributed by atoms with van der Waals surface area (Å²) < 4.78 is 5.24. The molecule has 0 saturated heterocycles. The fourth-order valence-electron chi connectivity index (χ4n) is 3.00. The van der Waals surface area contributed by atoms with Crippen LogP contribution in [0.4, 0.5) is 0 Å². The number of rotatable bonds is 5. The molecule has 2 aromatic carbocycles. The van der Waals surface area contributed by atoms with Gasteiger partial charge in [0.25, 0.3) is 5.91 Å². The molecule has 24 heavy (non-hydrogen) atoms. The van der Waals surface area contributed by atoms with E-state index in [4.69, 9.17) is 10.5 Å². The summed E-state index contributed by atoms with van der Waals surface area (Å²) >= 11 is 0. The smallest absolute Gasteiger partial charge is 0.251 e. The van der Waals surface area contributed by atoms with Gasteiger partial charge in [0.05, 0.1) is 13.2 Å². The Morgan fingerprint density at radius 3 is 2.96 bits per heavy atom. The third-order valence-corrected chi connectivity index (χ3v) is 4.39. The van der Waals surface area contributed by atoms with Gasteiger partial charge in [0.15, 0.2) is 0 Å². The van der Waals surface area contributed by atoms with Gasteiger partial charge in [0.2, 0.25) is 0 Å². The van der Waals surface area contributed by atoms with Gasteiger partial charge in [-0.3, -0.25) is 4.79 Å². The molecule has 4 N–H and O–H groups in total. The molecule has 0 aliphatic carbocycles. The van der Waals surface area contributed by atoms with Crippen molar-refractivity contribution in [1.29, 1.82) is 0 Å². The fourth-order valence-corrected chi connectivity index (χ4v) is 3.00. The van der Waals surface area contributed by atoms with Crippen LogP contribution in [0.2, 0.25) is 0 Å². The largest absolute Gasteiger partial charge is 0.497 e. The van der Waals surface area contributed by atoms with Crippen molar-refractivity contribution in [3.8, 4) is 5.75 Å². The predicted molar refractivity (Wildman–Crippen MR) is 94.1 cm³/mol. The van der Waals surface area contributed by atoms with E-state index in [1.54, 1.807) is 7.11 Å². The maximum Gasteiger partial charge on any atom is 0.251 e. The summed E-state index contributed by atoms with van der Waals surface area (Å²) in [5.41, 5.74) is 9.98. The van der Waals surface area contributed by atoms with Gasteiger partial charge in [0, 0.05) is 18.7 Å². The third-order valence-electron chi connectivity index (χ3n) is 4.39. The molecule has 0 radical (unpaired) electrons. The second kappa shape index (κ2) is 7.47. The molecule has 0 spiro atoms. The van der Waals surface area contributed by atoms with Crippen LogP contribution in [-0.2, 0) is 13.0 Å². The van der Waals surface area contributed by atoms with Gasteiger partial charge in [-0.05, 0) is 53.9 Å². The third kappa shape index (κ3) is 3.58. The monoisotopic (exact) mass is 325 g/mol. The maximum absolute atomic E-state index is 12.6. The molecule has 1 aliphatic heterocycles. The molecule has 1 aliphatic rings. The first-order valence-corrected chi connectivity index (χ1v) is 8.18. The van der Waals surface area contributed by atoms with Crippen LogP contribution in [-0.4, -0.2) is 26.1 Å². The summed E-state index contributed by atoms with van der Waals surface area (Å²) in [4.78, 5) is 12.6. The number of carbonyl (C=O) groups is 1. The lowest BCUT2D eigenvalue weighted by atomic mass is 9.98. The normalized spacial score (nSPS) is 14.6. The summed E-state index contributed by atoms with van der Waals surface area (Å²) in [7, 11) is 1.62. The van der Waals surface area contributed by atoms with Gasteiger partial charge in [-0.25, -0.2) is 0 Å². The molecular weight excluding hydrogens is 302 g/mol. The zero-order chi connectivity index (χ0) is 16.9. The molecule has 0 bridgehead atoms. The molecule has 1 atom stereocenters. The van der Waals surface area contributed by atoms with E-state index in [2.05, 4.69) is 10.6 Å². The molecule has 2 aromatic rings. The Kier molecular flexibility index (Phi) is 5.13. The molecule has 1 heterocycles. The lowest BCUT2D eigenvalue weighted by molar-refractivity contribution is 0.0937. The van der Waals surface area contributed by atoms with Crippen LogP contribution in [0.1, 0.15) is 33.1 Å². The predicted octanol–water partition coefficient (Wildman–Crippen LogP) is 1.77. The standard InChI is InChI=1S/C19H23N3O2/c1-24-17-4-2-3-14(10-17)18(11-20)22-19(23)15-6-5-13-7-8-21-12-16(13)9-15/h2-6,9-10,18,21H,7-8,11-12,20H2,1H3,(H,22,23). The topological polar surface area (TPSA) is 76.4 Å². The van der Waals surface area contributed by atoms with Crippen LogP contribution in [0.25, 0.3) is 0 Å². The first-order chi connectivity index (χ1) is 11.7. The highest BCUT2D eigenvalue weighted by Crippen LogP contribution is 2.20. The van der Waals surface area contributed by atoms with E-state index in [0.717, 1.165) is 30.8 Å². The summed E-state index contributed by atoms with van der Waals surface area (Å²) in [5.74, 6) is 0.640. The second-order valence-electron chi connectivity index (χ2n) is 5.95. The van der Waals surface area contributed by atoms with Crippen LogP contribution in [0.5, 0.6) is 5.75 Å². The number of carbonyl (C=O) groups excluding carboxylic acids is 1. The molecule has 1 amide bonds. The van der Waals surface area contributed by atoms with E-state index in [1.165, 1.54) is 11.1 Å². The van der Waals surface area contributed by atoms with Crippen LogP contribution in [0.15, 0.2) is 42.5 Å². The molecule has 0 fully saturated rings. The Morgan fingerprint density at radius 1 is 1.29 bits per heavy atom. The van der Waals surface area contributed by atoms with E-state index >= 15 is 0 Å². The Morgan fingerprint density at radius 2 is 2.17 bits per heavy atom. The van der Waals surface area contributed by atoms with Gasteiger partial charge >= 0.3 is 0 Å². The number of hydrogen-bond acceptors (Lipinski definition) is 4. The summed E-state index contributed by atoms with van der Waals surface area (Å²) in [6.45, 7) is 2.13. The van der Waals surface area contributed by atoms with E-state index < -0.39 is 0 Å². The lowest BCUT2D eigenvalue weighted by Gasteiger charge is -2.20. The van der Waals surface area contributed by atoms with Crippen LogP contribution in [0.3, 0.4) is 0 Å². The number of amides is 1. The highest BCUT2D eigenvalue weighted by Gasteiger charge is 2.17. The average Bonchev–Trinajstić information content (AvgIpc) is 2.65. The van der Waals surface area contributed by atoms with Gasteiger partial charge in [0.1, 0.15) is 5.75 Å². The second-order valence-corrected chi connectivity index (χ2v) is 5.95. The molecular formula is C19H23N3O2. The van der Waals surface area contributed by atoms with E-state index in [-0.39, 0.29) is 11.9 Å². The van der Waals surface area contributed by atoms with Gasteiger partial charge < -0.3 is 21.1 Å². The van der Waals surface area contributed by atoms with Gasteiger partial charge in [-0.2, -0.15) is 0 Å². The fraction of sp³-hybridized carbons (Fsp3) is 0.316. The number of nitrogens with one attached hydrogen (secondary N) is 2. The SMILES string of the molecule is COc1cccc(C(CN)NC(=O)c2ccc3c(c2)CNCC3)c1. The molecule has 5 heteroatoms. The van der Waals surface area contributed by atoms with E-state index in [9.17, 15) is 4.79 Å². The summed E-state index contributed by atoms with van der Waals surface area (Å²) in [5, 5.41) is 6.35. The Bertz CT molecular complexity index is 730. The Labute approximate surface area is 142 Å². The van der Waals surface area contributed by atoms with Gasteiger partial charge in [-0.15, -0.1) is 0 Å². The first kappa shape index (κ1) is 16.5. The van der Waals surface area contributed by atoms with Crippen LogP contribution in [0, 0.1) is 0 Å². The first-order valence-electron chi connectivity index (χ1n) is 8.18. The summed E-state index contributed by atoms with van der Waals surface area (Å²) in [6, 6.07) is 13.3. The number of fused-ring (bicyclic) bond motifs is 1. The zero-order valence-corrected chi connectivity index (χ0v) is 13.8. The van der Waals surface area contributed by atoms with Crippen molar-refractivity contribution in [2.75, 3.05) is 20.2 Å². The highest BCUT2D eigenvalue weighted by atomic mass is 16.5. The molecule has 5 nitrogen and oxygen atoms in total. The number of nitrogens with two attached hydrogens (primary N) is 1. The van der Waals surface area contributed by atoms with Crippen molar-refractivity contribution in [1.82, 2.24) is 10.6 Å². The maximum atomic E-state index is 12.6. The molecule has 3 rings (SSSR count). The van der Waals surface area contributed by atoms with Crippen LogP contribution < -0.4 is 21.1 Å². The highest BCUT2D eigenvalue weighted by molar-refractivity contribution is 5.94. The van der Waals surface area contributed by atoms with Crippen LogP contribution >= 0.6 is 0 Å². The van der Waals surface area contributed by atoms with Gasteiger partial charge in [-0.1, -0.05) is 18.2 Å². The Balaban J connectivity index is 1.77.